The van der Waals surface area contributed by atoms with Crippen molar-refractivity contribution in [3.8, 4) is 17.0 Å². The van der Waals surface area contributed by atoms with E-state index in [4.69, 9.17) is 19.9 Å². The van der Waals surface area contributed by atoms with Crippen LogP contribution in [0, 0.1) is 12.7 Å². The van der Waals surface area contributed by atoms with E-state index in [0.29, 0.717) is 67.2 Å². The number of hydrogen-bond donors (Lipinski definition) is 3. The summed E-state index contributed by atoms with van der Waals surface area (Å²) in [6, 6.07) is 3.43. The van der Waals surface area contributed by atoms with E-state index < -0.39 is 24.2 Å². The first-order valence-corrected chi connectivity index (χ1v) is 13.1. The van der Waals surface area contributed by atoms with Gasteiger partial charge in [-0.1, -0.05) is 0 Å². The first-order valence-electron chi connectivity index (χ1n) is 13.1. The number of carbonyl (C=O) groups is 1. The van der Waals surface area contributed by atoms with Gasteiger partial charge >= 0.3 is 6.09 Å². The van der Waals surface area contributed by atoms with E-state index in [2.05, 4.69) is 25.5 Å². The summed E-state index contributed by atoms with van der Waals surface area (Å²) in [5.41, 5.74) is 8.40. The van der Waals surface area contributed by atoms with Gasteiger partial charge in [-0.25, -0.2) is 23.5 Å². The van der Waals surface area contributed by atoms with Gasteiger partial charge in [-0.05, 0) is 36.4 Å². The van der Waals surface area contributed by atoms with Crippen molar-refractivity contribution in [2.75, 3.05) is 55.8 Å². The van der Waals surface area contributed by atoms with Gasteiger partial charge in [-0.3, -0.25) is 10.2 Å². The summed E-state index contributed by atoms with van der Waals surface area (Å²) in [5, 5.41) is 6.77. The molecule has 0 spiro atoms. The standard InChI is InChI=1S/C27H30F2N6O4/c1-14-18(10-33-26-25(14)31-4-7-38-26)17-8-15-9-22(32-11-19(15)24(30)23(17)29)34-27(36)39-21-2-5-35(12-20(21)28)16-3-6-37-13-16/h8-11,16,20-21,31H,2-7,12-13,30H2,1H3,(H,32,34,36)/t16-,20-,21+/m0/s1. The summed E-state index contributed by atoms with van der Waals surface area (Å²) in [7, 11) is 0. The van der Waals surface area contributed by atoms with Crippen LogP contribution < -0.4 is 21.1 Å². The number of nitrogens with one attached hydrogen (secondary N) is 2. The molecule has 0 unspecified atom stereocenters. The number of amides is 1. The predicted octanol–water partition coefficient (Wildman–Crippen LogP) is 3.88. The first kappa shape index (κ1) is 25.5. The predicted molar refractivity (Wildman–Crippen MR) is 142 cm³/mol. The highest BCUT2D eigenvalue weighted by atomic mass is 19.1. The number of halogens is 2. The molecule has 12 heteroatoms. The molecule has 3 atom stereocenters. The van der Waals surface area contributed by atoms with Gasteiger partial charge in [0.2, 0.25) is 5.88 Å². The smallest absolute Gasteiger partial charge is 0.413 e. The van der Waals surface area contributed by atoms with Gasteiger partial charge in [0, 0.05) is 67.6 Å². The lowest BCUT2D eigenvalue weighted by atomic mass is 9.97. The summed E-state index contributed by atoms with van der Waals surface area (Å²) >= 11 is 0. The molecule has 2 fully saturated rings. The molecule has 0 bridgehead atoms. The van der Waals surface area contributed by atoms with Crippen LogP contribution in [0.25, 0.3) is 21.9 Å². The van der Waals surface area contributed by atoms with Crippen LogP contribution in [0.2, 0.25) is 0 Å². The Kier molecular flexibility index (Phi) is 6.81. The topological polar surface area (TPSA) is 124 Å². The van der Waals surface area contributed by atoms with E-state index in [1.165, 1.54) is 6.20 Å². The van der Waals surface area contributed by atoms with Gasteiger partial charge in [0.05, 0.1) is 12.3 Å². The molecule has 206 valence electrons. The number of likely N-dealkylation sites (tertiary alicyclic amines) is 1. The monoisotopic (exact) mass is 540 g/mol. The second-order valence-electron chi connectivity index (χ2n) is 10.1. The zero-order chi connectivity index (χ0) is 27.1. The zero-order valence-electron chi connectivity index (χ0n) is 21.5. The maximum absolute atomic E-state index is 15.4. The number of anilines is 3. The van der Waals surface area contributed by atoms with E-state index in [1.807, 2.05) is 6.92 Å². The lowest BCUT2D eigenvalue weighted by Gasteiger charge is -2.37. The second-order valence-corrected chi connectivity index (χ2v) is 10.1. The number of ether oxygens (including phenoxy) is 3. The minimum absolute atomic E-state index is 0.0647. The number of alkyl halides is 1. The number of piperidine rings is 1. The molecule has 4 N–H and O–H groups in total. The Bertz CT molecular complexity index is 1420. The maximum Gasteiger partial charge on any atom is 0.413 e. The SMILES string of the molecule is Cc1c(-c2cc3cc(NC(=O)O[C@@H]4CCN([C@H]5CCOC5)C[C@@H]4F)ncc3c(N)c2F)cnc2c1NCCO2. The minimum atomic E-state index is -1.30. The van der Waals surface area contributed by atoms with Crippen molar-refractivity contribution in [1.29, 1.82) is 0 Å². The summed E-state index contributed by atoms with van der Waals surface area (Å²) in [5.74, 6) is 0.0610. The molecule has 3 aliphatic rings. The zero-order valence-corrected chi connectivity index (χ0v) is 21.5. The summed E-state index contributed by atoms with van der Waals surface area (Å²) in [6.07, 6.45) is 1.27. The molecule has 0 radical (unpaired) electrons. The van der Waals surface area contributed by atoms with Crippen LogP contribution in [0.4, 0.5) is 30.8 Å². The lowest BCUT2D eigenvalue weighted by Crippen LogP contribution is -2.50. The van der Waals surface area contributed by atoms with Crippen molar-refractivity contribution in [2.24, 2.45) is 0 Å². The molecule has 1 aromatic carbocycles. The number of aromatic nitrogens is 2. The quantitative estimate of drug-likeness (QED) is 0.423. The second kappa shape index (κ2) is 10.4. The van der Waals surface area contributed by atoms with Gasteiger partial charge in [-0.15, -0.1) is 0 Å². The van der Waals surface area contributed by atoms with Crippen LogP contribution in [0.15, 0.2) is 24.5 Å². The molecule has 10 nitrogen and oxygen atoms in total. The Morgan fingerprint density at radius 2 is 2.10 bits per heavy atom. The number of carbonyl (C=O) groups excluding carboxylic acids is 1. The first-order chi connectivity index (χ1) is 18.9. The molecule has 5 heterocycles. The average Bonchev–Trinajstić information content (AvgIpc) is 3.48. The van der Waals surface area contributed by atoms with E-state index in [9.17, 15) is 9.18 Å². The van der Waals surface area contributed by atoms with Crippen molar-refractivity contribution in [2.45, 2.75) is 38.1 Å². The Morgan fingerprint density at radius 1 is 1.23 bits per heavy atom. The maximum atomic E-state index is 15.4. The Labute approximate surface area is 223 Å². The molecule has 0 aliphatic carbocycles. The van der Waals surface area contributed by atoms with E-state index in [0.717, 1.165) is 12.0 Å². The van der Waals surface area contributed by atoms with Crippen molar-refractivity contribution < 1.29 is 27.8 Å². The summed E-state index contributed by atoms with van der Waals surface area (Å²) in [4.78, 5) is 23.2. The third kappa shape index (κ3) is 4.89. The van der Waals surface area contributed by atoms with Crippen molar-refractivity contribution in [1.82, 2.24) is 14.9 Å². The fourth-order valence-corrected chi connectivity index (χ4v) is 5.51. The lowest BCUT2D eigenvalue weighted by molar-refractivity contribution is -0.0161. The van der Waals surface area contributed by atoms with Gasteiger partial charge in [-0.2, -0.15) is 0 Å². The normalized spacial score (nSPS) is 23.1. The molecule has 2 aromatic heterocycles. The Morgan fingerprint density at radius 3 is 2.90 bits per heavy atom. The molecule has 39 heavy (non-hydrogen) atoms. The van der Waals surface area contributed by atoms with Crippen LogP contribution >= 0.6 is 0 Å². The molecular formula is C27H30F2N6O4. The largest absolute Gasteiger partial charge is 0.474 e. The number of nitrogen functional groups attached to an aromatic ring is 1. The molecule has 1 amide bonds. The highest BCUT2D eigenvalue weighted by Gasteiger charge is 2.36. The van der Waals surface area contributed by atoms with Crippen molar-refractivity contribution in [3.05, 3.63) is 35.9 Å². The number of fused-ring (bicyclic) bond motifs is 2. The molecule has 0 saturated carbocycles. The Hall–Kier alpha value is -3.77. The summed E-state index contributed by atoms with van der Waals surface area (Å²) in [6.45, 7) is 5.11. The highest BCUT2D eigenvalue weighted by Crippen LogP contribution is 2.39. The van der Waals surface area contributed by atoms with Crippen LogP contribution in [0.1, 0.15) is 18.4 Å². The van der Waals surface area contributed by atoms with Gasteiger partial charge in [0.25, 0.3) is 0 Å². The number of nitrogens with zero attached hydrogens (tertiary/aromatic N) is 3. The highest BCUT2D eigenvalue weighted by molar-refractivity contribution is 5.99. The molecule has 3 aliphatic heterocycles. The molecule has 6 rings (SSSR count). The molecule has 3 aromatic rings. The van der Waals surface area contributed by atoms with Crippen molar-refractivity contribution in [3.63, 3.8) is 0 Å². The van der Waals surface area contributed by atoms with Gasteiger partial charge in [0.1, 0.15) is 30.4 Å². The van der Waals surface area contributed by atoms with Crippen LogP contribution in [0.5, 0.6) is 5.88 Å². The minimum Gasteiger partial charge on any atom is -0.474 e. The van der Waals surface area contributed by atoms with Crippen LogP contribution in [0.3, 0.4) is 0 Å². The Balaban J connectivity index is 1.20. The average molecular weight is 541 g/mol. The van der Waals surface area contributed by atoms with Gasteiger partial charge < -0.3 is 25.3 Å². The number of rotatable bonds is 4. The number of pyridine rings is 2. The summed E-state index contributed by atoms with van der Waals surface area (Å²) < 4.78 is 46.6. The van der Waals surface area contributed by atoms with E-state index in [1.54, 1.807) is 18.3 Å². The number of nitrogens with two attached hydrogens (primary N) is 1. The molecule has 2 saturated heterocycles. The fourth-order valence-electron chi connectivity index (χ4n) is 5.51. The van der Waals surface area contributed by atoms with Gasteiger partial charge in [0.15, 0.2) is 5.82 Å². The van der Waals surface area contributed by atoms with E-state index >= 15 is 4.39 Å². The third-order valence-corrected chi connectivity index (χ3v) is 7.66. The fraction of sp³-hybridized carbons (Fsp3) is 0.444. The third-order valence-electron chi connectivity index (χ3n) is 7.66. The van der Waals surface area contributed by atoms with Crippen LogP contribution in [-0.2, 0) is 9.47 Å². The molecular weight excluding hydrogens is 510 g/mol. The van der Waals surface area contributed by atoms with Crippen LogP contribution in [-0.4, -0.2) is 78.7 Å². The number of hydrogen-bond acceptors (Lipinski definition) is 9. The van der Waals surface area contributed by atoms with E-state index in [-0.39, 0.29) is 29.7 Å². The number of benzene rings is 1. The van der Waals surface area contributed by atoms with Crippen molar-refractivity contribution >= 4 is 34.1 Å².